The zero-order chi connectivity index (χ0) is 15.4. The van der Waals surface area contributed by atoms with Gasteiger partial charge in [-0.1, -0.05) is 49.4 Å². The van der Waals surface area contributed by atoms with E-state index in [4.69, 9.17) is 0 Å². The fourth-order valence-electron chi connectivity index (χ4n) is 3.93. The molecule has 2 aromatic heterocycles. The molecule has 0 fully saturated rings. The predicted octanol–water partition coefficient (Wildman–Crippen LogP) is 5.84. The zero-order valence-corrected chi connectivity index (χ0v) is 13.1. The summed E-state index contributed by atoms with van der Waals surface area (Å²) in [5.41, 5.74) is 5.13. The van der Waals surface area contributed by atoms with Crippen molar-refractivity contribution in [3.05, 3.63) is 60.7 Å². The summed E-state index contributed by atoms with van der Waals surface area (Å²) in [4.78, 5) is 3.57. The average molecular weight is 298 g/mol. The van der Waals surface area contributed by atoms with Gasteiger partial charge in [-0.05, 0) is 24.6 Å². The van der Waals surface area contributed by atoms with E-state index in [1.807, 2.05) is 0 Å². The van der Waals surface area contributed by atoms with Gasteiger partial charge in [-0.15, -0.1) is 0 Å². The van der Waals surface area contributed by atoms with Crippen LogP contribution in [0.4, 0.5) is 0 Å². The number of nitrogens with one attached hydrogen (secondary N) is 1. The minimum atomic E-state index is 1.04. The number of para-hydroxylation sites is 2. The number of aromatic nitrogens is 2. The van der Waals surface area contributed by atoms with E-state index in [0.717, 1.165) is 13.0 Å². The minimum absolute atomic E-state index is 1.04. The van der Waals surface area contributed by atoms with Gasteiger partial charge in [0.2, 0.25) is 0 Å². The first-order valence-electron chi connectivity index (χ1n) is 8.29. The third-order valence-electron chi connectivity index (χ3n) is 4.85. The van der Waals surface area contributed by atoms with E-state index in [2.05, 4.69) is 77.1 Å². The smallest absolute Gasteiger partial charge is 0.0592 e. The van der Waals surface area contributed by atoms with E-state index in [1.54, 1.807) is 0 Å². The van der Waals surface area contributed by atoms with E-state index < -0.39 is 0 Å². The van der Waals surface area contributed by atoms with Crippen LogP contribution in [0.1, 0.15) is 13.3 Å². The Hall–Kier alpha value is -2.74. The number of H-pyrrole nitrogens is 1. The second-order valence-corrected chi connectivity index (χ2v) is 6.22. The van der Waals surface area contributed by atoms with Gasteiger partial charge in [-0.25, -0.2) is 0 Å². The van der Waals surface area contributed by atoms with Crippen molar-refractivity contribution in [2.24, 2.45) is 0 Å². The number of benzene rings is 3. The molecule has 0 saturated carbocycles. The van der Waals surface area contributed by atoms with Crippen LogP contribution in [0, 0.1) is 0 Å². The molecule has 0 aliphatic heterocycles. The summed E-state index contributed by atoms with van der Waals surface area (Å²) in [5, 5.41) is 5.37. The summed E-state index contributed by atoms with van der Waals surface area (Å²) in [7, 11) is 0. The molecular weight excluding hydrogens is 280 g/mol. The van der Waals surface area contributed by atoms with Crippen LogP contribution in [0.25, 0.3) is 43.6 Å². The lowest BCUT2D eigenvalue weighted by atomic mass is 10.1. The molecule has 3 aromatic carbocycles. The van der Waals surface area contributed by atoms with Crippen LogP contribution in [0.15, 0.2) is 60.7 Å². The first kappa shape index (κ1) is 12.8. The van der Waals surface area contributed by atoms with Crippen molar-refractivity contribution >= 4 is 43.6 Å². The number of aromatic amines is 1. The number of nitrogens with zero attached hydrogens (tertiary/aromatic N) is 1. The third-order valence-corrected chi connectivity index (χ3v) is 4.85. The van der Waals surface area contributed by atoms with Crippen molar-refractivity contribution in [1.82, 2.24) is 9.55 Å². The lowest BCUT2D eigenvalue weighted by Gasteiger charge is -2.06. The Morgan fingerprint density at radius 2 is 1.57 bits per heavy atom. The van der Waals surface area contributed by atoms with Crippen molar-refractivity contribution in [1.29, 1.82) is 0 Å². The Kier molecular flexibility index (Phi) is 2.57. The molecule has 0 spiro atoms. The van der Waals surface area contributed by atoms with Gasteiger partial charge >= 0.3 is 0 Å². The zero-order valence-electron chi connectivity index (χ0n) is 13.1. The highest BCUT2D eigenvalue weighted by molar-refractivity contribution is 6.24. The van der Waals surface area contributed by atoms with Crippen molar-refractivity contribution in [3.63, 3.8) is 0 Å². The van der Waals surface area contributed by atoms with Crippen molar-refractivity contribution in [3.8, 4) is 0 Å². The van der Waals surface area contributed by atoms with Gasteiger partial charge in [0, 0.05) is 44.6 Å². The van der Waals surface area contributed by atoms with Crippen LogP contribution < -0.4 is 0 Å². The number of rotatable bonds is 2. The molecule has 0 aliphatic rings. The molecule has 1 N–H and O–H groups in total. The number of aryl methyl sites for hydroxylation is 1. The van der Waals surface area contributed by atoms with Crippen LogP contribution >= 0.6 is 0 Å². The topological polar surface area (TPSA) is 20.7 Å². The van der Waals surface area contributed by atoms with Gasteiger partial charge in [0.25, 0.3) is 0 Å². The maximum absolute atomic E-state index is 3.57. The van der Waals surface area contributed by atoms with Crippen LogP contribution in [-0.2, 0) is 6.54 Å². The second kappa shape index (κ2) is 4.63. The molecule has 5 rings (SSSR count). The standard InChI is InChI=1S/C21H18N2/c1-2-13-23-19-10-6-4-7-14(19)15-11-12-18-20(21(15)23)16-8-3-5-9-17(16)22-18/h3-12,22H,2,13H2,1H3. The van der Waals surface area contributed by atoms with Crippen LogP contribution in [0.2, 0.25) is 0 Å². The molecule has 0 unspecified atom stereocenters. The summed E-state index contributed by atoms with van der Waals surface area (Å²) >= 11 is 0. The van der Waals surface area contributed by atoms with Crippen molar-refractivity contribution < 1.29 is 0 Å². The van der Waals surface area contributed by atoms with Crippen molar-refractivity contribution in [2.75, 3.05) is 0 Å². The number of hydrogen-bond acceptors (Lipinski definition) is 0. The number of hydrogen-bond donors (Lipinski definition) is 1. The highest BCUT2D eigenvalue weighted by Gasteiger charge is 2.15. The normalized spacial score (nSPS) is 12.0. The molecular formula is C21H18N2. The maximum Gasteiger partial charge on any atom is 0.0592 e. The average Bonchev–Trinajstić information content (AvgIpc) is 3.11. The molecule has 2 heteroatoms. The molecule has 2 heterocycles. The Balaban J connectivity index is 2.11. The van der Waals surface area contributed by atoms with Gasteiger partial charge < -0.3 is 9.55 Å². The first-order valence-corrected chi connectivity index (χ1v) is 8.29. The number of fused-ring (bicyclic) bond motifs is 7. The van der Waals surface area contributed by atoms with E-state index in [-0.39, 0.29) is 0 Å². The summed E-state index contributed by atoms with van der Waals surface area (Å²) in [6, 6.07) is 21.8. The lowest BCUT2D eigenvalue weighted by Crippen LogP contribution is -1.96. The van der Waals surface area contributed by atoms with Gasteiger partial charge in [0.1, 0.15) is 0 Å². The fraction of sp³-hybridized carbons (Fsp3) is 0.143. The highest BCUT2D eigenvalue weighted by atomic mass is 15.0. The maximum atomic E-state index is 3.57. The minimum Gasteiger partial charge on any atom is -0.354 e. The Labute approximate surface area is 134 Å². The largest absolute Gasteiger partial charge is 0.354 e. The molecule has 23 heavy (non-hydrogen) atoms. The monoisotopic (exact) mass is 298 g/mol. The van der Waals surface area contributed by atoms with Crippen LogP contribution in [0.5, 0.6) is 0 Å². The Morgan fingerprint density at radius 3 is 2.43 bits per heavy atom. The molecule has 5 aromatic rings. The quantitative estimate of drug-likeness (QED) is 0.423. The molecule has 0 bridgehead atoms. The molecule has 0 saturated heterocycles. The van der Waals surface area contributed by atoms with Gasteiger partial charge in [0.05, 0.1) is 5.52 Å². The summed E-state index contributed by atoms with van der Waals surface area (Å²) in [6.07, 6.45) is 1.13. The molecule has 0 aliphatic carbocycles. The van der Waals surface area contributed by atoms with Gasteiger partial charge in [0.15, 0.2) is 0 Å². The molecule has 0 radical (unpaired) electrons. The fourth-order valence-corrected chi connectivity index (χ4v) is 3.93. The van der Waals surface area contributed by atoms with Crippen molar-refractivity contribution in [2.45, 2.75) is 19.9 Å². The summed E-state index contributed by atoms with van der Waals surface area (Å²) in [5.74, 6) is 0. The summed E-state index contributed by atoms with van der Waals surface area (Å²) in [6.45, 7) is 3.29. The van der Waals surface area contributed by atoms with E-state index >= 15 is 0 Å². The molecule has 112 valence electrons. The highest BCUT2D eigenvalue weighted by Crippen LogP contribution is 2.37. The van der Waals surface area contributed by atoms with Gasteiger partial charge in [-0.3, -0.25) is 0 Å². The molecule has 2 nitrogen and oxygen atoms in total. The predicted molar refractivity (Wildman–Crippen MR) is 99.1 cm³/mol. The summed E-state index contributed by atoms with van der Waals surface area (Å²) < 4.78 is 2.49. The van der Waals surface area contributed by atoms with E-state index in [0.29, 0.717) is 0 Å². The third kappa shape index (κ3) is 1.63. The molecule has 0 atom stereocenters. The molecule has 0 amide bonds. The van der Waals surface area contributed by atoms with E-state index in [1.165, 1.54) is 43.6 Å². The van der Waals surface area contributed by atoms with Crippen LogP contribution in [-0.4, -0.2) is 9.55 Å². The SMILES string of the molecule is CCCn1c2ccccc2c2ccc3[nH]c4ccccc4c3c21. The van der Waals surface area contributed by atoms with Crippen LogP contribution in [0.3, 0.4) is 0 Å². The lowest BCUT2D eigenvalue weighted by molar-refractivity contribution is 0.725. The Morgan fingerprint density at radius 1 is 0.783 bits per heavy atom. The van der Waals surface area contributed by atoms with Gasteiger partial charge in [-0.2, -0.15) is 0 Å². The first-order chi connectivity index (χ1) is 11.4. The second-order valence-electron chi connectivity index (χ2n) is 6.22. The van der Waals surface area contributed by atoms with E-state index in [9.17, 15) is 0 Å². The Bertz CT molecular complexity index is 1170.